The van der Waals surface area contributed by atoms with E-state index in [0.717, 1.165) is 10.5 Å². The number of carbonyl (C=O) groups is 3. The average molecular weight is 478 g/mol. The van der Waals surface area contributed by atoms with Crippen molar-refractivity contribution < 1.29 is 23.5 Å². The number of amides is 5. The molecule has 0 aliphatic carbocycles. The molecule has 0 spiro atoms. The summed E-state index contributed by atoms with van der Waals surface area (Å²) in [5, 5.41) is 6.17. The Morgan fingerprint density at radius 3 is 2.55 bits per heavy atom. The third kappa shape index (κ3) is 6.26. The van der Waals surface area contributed by atoms with Gasteiger partial charge in [-0.05, 0) is 43.7 Å². The van der Waals surface area contributed by atoms with Crippen molar-refractivity contribution in [1.82, 2.24) is 15.1 Å². The number of ether oxygens (including phenoxy) is 1. The van der Waals surface area contributed by atoms with Gasteiger partial charge in [-0.2, -0.15) is 0 Å². The van der Waals surface area contributed by atoms with Crippen molar-refractivity contribution in [3.05, 3.63) is 58.9 Å². The summed E-state index contributed by atoms with van der Waals surface area (Å²) in [7, 11) is 0. The maximum absolute atomic E-state index is 14.4. The van der Waals surface area contributed by atoms with Crippen LogP contribution in [0.2, 0.25) is 5.02 Å². The Labute approximate surface area is 195 Å². The molecule has 9 nitrogen and oxygen atoms in total. The van der Waals surface area contributed by atoms with E-state index in [9.17, 15) is 18.8 Å². The molecule has 1 atom stereocenters. The molecule has 1 fully saturated rings. The van der Waals surface area contributed by atoms with Gasteiger partial charge in [0, 0.05) is 29.7 Å². The number of anilines is 1. The molecule has 176 valence electrons. The standard InChI is InChI=1S/C22H25ClFN5O4/c1-13(2)33-18-8-7-16(11-17(18)24)26-20-27-21(31)28(10-9-19(25)30)22(32)29(20)12-14-3-5-15(23)6-4-14/h3-8,11,13,20,26H,9-10,12H2,1-2H3,(H2,25,30)(H,27,31). The van der Waals surface area contributed by atoms with Crippen molar-refractivity contribution in [2.75, 3.05) is 11.9 Å². The predicted molar refractivity (Wildman–Crippen MR) is 121 cm³/mol. The lowest BCUT2D eigenvalue weighted by atomic mass is 10.2. The lowest BCUT2D eigenvalue weighted by molar-refractivity contribution is -0.118. The quantitative estimate of drug-likeness (QED) is 0.511. The maximum Gasteiger partial charge on any atom is 0.331 e. The summed E-state index contributed by atoms with van der Waals surface area (Å²) in [5.41, 5.74) is 6.24. The van der Waals surface area contributed by atoms with Gasteiger partial charge in [-0.1, -0.05) is 23.7 Å². The summed E-state index contributed by atoms with van der Waals surface area (Å²) in [4.78, 5) is 39.1. The van der Waals surface area contributed by atoms with E-state index in [4.69, 9.17) is 22.1 Å². The number of primary amides is 1. The molecule has 2 aromatic carbocycles. The van der Waals surface area contributed by atoms with Gasteiger partial charge in [0.05, 0.1) is 12.6 Å². The Bertz CT molecular complexity index is 1030. The van der Waals surface area contributed by atoms with Crippen molar-refractivity contribution in [2.45, 2.75) is 39.2 Å². The summed E-state index contributed by atoms with van der Waals surface area (Å²) >= 11 is 5.94. The maximum atomic E-state index is 14.4. The summed E-state index contributed by atoms with van der Waals surface area (Å²) in [6.45, 7) is 3.51. The Balaban J connectivity index is 1.84. The molecule has 1 heterocycles. The van der Waals surface area contributed by atoms with Crippen LogP contribution in [0.5, 0.6) is 5.75 Å². The third-order valence-electron chi connectivity index (χ3n) is 4.74. The van der Waals surface area contributed by atoms with Gasteiger partial charge in [0.15, 0.2) is 17.9 Å². The average Bonchev–Trinajstić information content (AvgIpc) is 2.73. The number of urea groups is 2. The number of imide groups is 1. The molecule has 1 aliphatic heterocycles. The van der Waals surface area contributed by atoms with E-state index >= 15 is 0 Å². The van der Waals surface area contributed by atoms with Gasteiger partial charge < -0.3 is 15.8 Å². The second-order valence-corrected chi connectivity index (χ2v) is 8.15. The normalized spacial score (nSPS) is 16.1. The second-order valence-electron chi connectivity index (χ2n) is 7.71. The summed E-state index contributed by atoms with van der Waals surface area (Å²) in [6, 6.07) is 9.78. The molecule has 33 heavy (non-hydrogen) atoms. The van der Waals surface area contributed by atoms with E-state index in [1.807, 2.05) is 0 Å². The van der Waals surface area contributed by atoms with Crippen LogP contribution in [0.4, 0.5) is 19.7 Å². The molecule has 11 heteroatoms. The van der Waals surface area contributed by atoms with Crippen molar-refractivity contribution in [2.24, 2.45) is 5.73 Å². The van der Waals surface area contributed by atoms with E-state index in [0.29, 0.717) is 10.7 Å². The zero-order chi connectivity index (χ0) is 24.1. The number of carbonyl (C=O) groups excluding carboxylic acids is 3. The first-order valence-corrected chi connectivity index (χ1v) is 10.7. The highest BCUT2D eigenvalue weighted by molar-refractivity contribution is 6.30. The number of nitrogens with zero attached hydrogens (tertiary/aromatic N) is 2. The van der Waals surface area contributed by atoms with Crippen LogP contribution in [0.1, 0.15) is 25.8 Å². The fraction of sp³-hybridized carbons (Fsp3) is 0.318. The van der Waals surface area contributed by atoms with Crippen LogP contribution in [-0.4, -0.2) is 46.7 Å². The molecule has 2 aromatic rings. The van der Waals surface area contributed by atoms with Gasteiger partial charge in [-0.15, -0.1) is 0 Å². The highest BCUT2D eigenvalue weighted by Gasteiger charge is 2.38. The lowest BCUT2D eigenvalue weighted by Gasteiger charge is -2.41. The third-order valence-corrected chi connectivity index (χ3v) is 4.99. The largest absolute Gasteiger partial charge is 0.488 e. The zero-order valence-electron chi connectivity index (χ0n) is 18.2. The molecule has 3 rings (SSSR count). The van der Waals surface area contributed by atoms with Crippen LogP contribution in [0.3, 0.4) is 0 Å². The van der Waals surface area contributed by atoms with Gasteiger partial charge in [0.25, 0.3) is 0 Å². The van der Waals surface area contributed by atoms with E-state index < -0.39 is 30.1 Å². The number of halogens is 2. The highest BCUT2D eigenvalue weighted by atomic mass is 35.5. The van der Waals surface area contributed by atoms with Crippen LogP contribution in [0.25, 0.3) is 0 Å². The number of nitrogens with two attached hydrogens (primary N) is 1. The minimum atomic E-state index is -0.984. The van der Waals surface area contributed by atoms with Gasteiger partial charge in [0.2, 0.25) is 5.91 Å². The number of nitrogens with one attached hydrogen (secondary N) is 2. The lowest BCUT2D eigenvalue weighted by Crippen LogP contribution is -2.67. The fourth-order valence-corrected chi connectivity index (χ4v) is 3.33. The zero-order valence-corrected chi connectivity index (χ0v) is 18.9. The molecule has 1 unspecified atom stereocenters. The highest BCUT2D eigenvalue weighted by Crippen LogP contribution is 2.24. The number of hydrogen-bond acceptors (Lipinski definition) is 5. The monoisotopic (exact) mass is 477 g/mol. The van der Waals surface area contributed by atoms with Crippen molar-refractivity contribution in [1.29, 1.82) is 0 Å². The van der Waals surface area contributed by atoms with Gasteiger partial charge in [-0.25, -0.2) is 18.9 Å². The van der Waals surface area contributed by atoms with Crippen LogP contribution < -0.4 is 21.1 Å². The molecule has 0 bridgehead atoms. The number of benzene rings is 2. The van der Waals surface area contributed by atoms with Crippen molar-refractivity contribution in [3.8, 4) is 5.75 Å². The Morgan fingerprint density at radius 1 is 1.24 bits per heavy atom. The molecule has 1 aliphatic rings. The van der Waals surface area contributed by atoms with Crippen LogP contribution >= 0.6 is 11.6 Å². The summed E-state index contributed by atoms with van der Waals surface area (Å²) in [6.07, 6.45) is -1.36. The summed E-state index contributed by atoms with van der Waals surface area (Å²) < 4.78 is 19.8. The van der Waals surface area contributed by atoms with Gasteiger partial charge in [-0.3, -0.25) is 15.0 Å². The van der Waals surface area contributed by atoms with Crippen molar-refractivity contribution >= 4 is 35.3 Å². The molecule has 5 amide bonds. The molecule has 1 saturated heterocycles. The SMILES string of the molecule is CC(C)Oc1ccc(NC2NC(=O)N(CCC(N)=O)C(=O)N2Cc2ccc(Cl)cc2)cc1F. The van der Waals surface area contributed by atoms with E-state index in [2.05, 4.69) is 10.6 Å². The van der Waals surface area contributed by atoms with Gasteiger partial charge >= 0.3 is 12.1 Å². The van der Waals surface area contributed by atoms with Crippen LogP contribution in [0.15, 0.2) is 42.5 Å². The molecule has 4 N–H and O–H groups in total. The first-order chi connectivity index (χ1) is 15.6. The van der Waals surface area contributed by atoms with Gasteiger partial charge in [0.1, 0.15) is 0 Å². The molecular formula is C22H25ClFN5O4. The van der Waals surface area contributed by atoms with E-state index in [-0.39, 0.29) is 31.4 Å². The van der Waals surface area contributed by atoms with Crippen LogP contribution in [-0.2, 0) is 11.3 Å². The Hall–Kier alpha value is -3.53. The Morgan fingerprint density at radius 2 is 1.94 bits per heavy atom. The fourth-order valence-electron chi connectivity index (χ4n) is 3.20. The number of hydrogen-bond donors (Lipinski definition) is 3. The minimum Gasteiger partial charge on any atom is -0.488 e. The smallest absolute Gasteiger partial charge is 0.331 e. The predicted octanol–water partition coefficient (Wildman–Crippen LogP) is 3.48. The summed E-state index contributed by atoms with van der Waals surface area (Å²) in [5.74, 6) is -1.14. The molecular weight excluding hydrogens is 453 g/mol. The Kier molecular flexibility index (Phi) is 7.59. The first-order valence-electron chi connectivity index (χ1n) is 10.3. The number of rotatable bonds is 9. The van der Waals surface area contributed by atoms with Crippen molar-refractivity contribution in [3.63, 3.8) is 0 Å². The second kappa shape index (κ2) is 10.4. The van der Waals surface area contributed by atoms with Crippen LogP contribution in [0, 0.1) is 5.82 Å². The molecule has 0 aromatic heterocycles. The first kappa shape index (κ1) is 24.1. The molecule has 0 saturated carbocycles. The van der Waals surface area contributed by atoms with E-state index in [1.165, 1.54) is 17.0 Å². The minimum absolute atomic E-state index is 0.0925. The molecule has 0 radical (unpaired) electrons. The van der Waals surface area contributed by atoms with E-state index in [1.54, 1.807) is 44.2 Å². The topological polar surface area (TPSA) is 117 Å².